The Morgan fingerprint density at radius 3 is 2.57 bits per heavy atom. The zero-order valence-electron chi connectivity index (χ0n) is 13.2. The van der Waals surface area contributed by atoms with Crippen LogP contribution in [0.2, 0.25) is 0 Å². The number of nitrogens with zero attached hydrogens (tertiary/aromatic N) is 1. The van der Waals surface area contributed by atoms with Gasteiger partial charge in [0.25, 0.3) is 0 Å². The molecule has 1 aromatic rings. The van der Waals surface area contributed by atoms with E-state index in [1.165, 1.54) is 6.07 Å². The molecular formula is C16H26FN3O. The predicted molar refractivity (Wildman–Crippen MR) is 84.1 cm³/mol. The standard InChI is InChI=1S/C16H26FN3O/c1-4-13(5-2)20(9-10-21-3)11-12-7-6-8-14(15(12)17)16(18)19/h6-8,13H,4-5,9-11H2,1-3H3,(H3,18,19). The number of ether oxygens (including phenoxy) is 1. The second kappa shape index (κ2) is 8.74. The summed E-state index contributed by atoms with van der Waals surface area (Å²) in [6, 6.07) is 5.43. The van der Waals surface area contributed by atoms with Gasteiger partial charge in [-0.1, -0.05) is 26.0 Å². The van der Waals surface area contributed by atoms with Gasteiger partial charge in [0.2, 0.25) is 0 Å². The molecule has 0 saturated heterocycles. The summed E-state index contributed by atoms with van der Waals surface area (Å²) in [7, 11) is 1.67. The summed E-state index contributed by atoms with van der Waals surface area (Å²) < 4.78 is 19.6. The van der Waals surface area contributed by atoms with Crippen LogP contribution in [0.4, 0.5) is 4.39 Å². The van der Waals surface area contributed by atoms with Crippen molar-refractivity contribution in [1.82, 2.24) is 4.90 Å². The molecule has 0 bridgehead atoms. The van der Waals surface area contributed by atoms with Crippen LogP contribution in [0.5, 0.6) is 0 Å². The molecule has 0 aliphatic carbocycles. The number of halogens is 1. The number of amidine groups is 1. The molecule has 1 aromatic carbocycles. The van der Waals surface area contributed by atoms with Crippen molar-refractivity contribution in [3.8, 4) is 0 Å². The van der Waals surface area contributed by atoms with Crippen molar-refractivity contribution in [3.63, 3.8) is 0 Å². The van der Waals surface area contributed by atoms with Crippen molar-refractivity contribution >= 4 is 5.84 Å². The molecule has 0 aliphatic rings. The largest absolute Gasteiger partial charge is 0.384 e. The smallest absolute Gasteiger partial charge is 0.138 e. The van der Waals surface area contributed by atoms with Gasteiger partial charge < -0.3 is 10.5 Å². The fourth-order valence-corrected chi connectivity index (χ4v) is 2.53. The van der Waals surface area contributed by atoms with Crippen LogP contribution in [-0.4, -0.2) is 37.0 Å². The summed E-state index contributed by atoms with van der Waals surface area (Å²) in [5.41, 5.74) is 6.16. The summed E-state index contributed by atoms with van der Waals surface area (Å²) in [4.78, 5) is 2.23. The monoisotopic (exact) mass is 295 g/mol. The molecule has 0 spiro atoms. The topological polar surface area (TPSA) is 62.3 Å². The minimum atomic E-state index is -0.390. The van der Waals surface area contributed by atoms with Crippen molar-refractivity contribution < 1.29 is 9.13 Å². The first kappa shape index (κ1) is 17.6. The summed E-state index contributed by atoms with van der Waals surface area (Å²) in [5, 5.41) is 7.43. The maximum absolute atomic E-state index is 14.4. The molecule has 5 heteroatoms. The van der Waals surface area contributed by atoms with Gasteiger partial charge in [-0.2, -0.15) is 0 Å². The van der Waals surface area contributed by atoms with Crippen molar-refractivity contribution in [2.75, 3.05) is 20.3 Å². The van der Waals surface area contributed by atoms with Crippen LogP contribution in [0, 0.1) is 11.2 Å². The molecule has 0 unspecified atom stereocenters. The summed E-state index contributed by atoms with van der Waals surface area (Å²) >= 11 is 0. The van der Waals surface area contributed by atoms with E-state index in [1.807, 2.05) is 0 Å². The van der Waals surface area contributed by atoms with Crippen LogP contribution < -0.4 is 5.73 Å². The molecule has 118 valence electrons. The number of nitrogen functional groups attached to an aromatic ring is 1. The Hall–Kier alpha value is -1.46. The molecule has 0 fully saturated rings. The lowest BCUT2D eigenvalue weighted by Gasteiger charge is -2.30. The number of hydrogen-bond donors (Lipinski definition) is 2. The van der Waals surface area contributed by atoms with E-state index in [9.17, 15) is 4.39 Å². The van der Waals surface area contributed by atoms with Crippen molar-refractivity contribution in [1.29, 1.82) is 5.41 Å². The van der Waals surface area contributed by atoms with Gasteiger partial charge in [0.15, 0.2) is 0 Å². The van der Waals surface area contributed by atoms with Crippen LogP contribution in [0.25, 0.3) is 0 Å². The van der Waals surface area contributed by atoms with E-state index in [0.717, 1.165) is 19.4 Å². The highest BCUT2D eigenvalue weighted by atomic mass is 19.1. The molecule has 0 atom stereocenters. The molecule has 1 rings (SSSR count). The van der Waals surface area contributed by atoms with Crippen molar-refractivity contribution in [3.05, 3.63) is 35.1 Å². The van der Waals surface area contributed by atoms with E-state index in [4.69, 9.17) is 15.9 Å². The number of methoxy groups -OCH3 is 1. The number of benzene rings is 1. The van der Waals surface area contributed by atoms with Crippen molar-refractivity contribution in [2.45, 2.75) is 39.3 Å². The number of nitrogens with two attached hydrogens (primary N) is 1. The van der Waals surface area contributed by atoms with Gasteiger partial charge in [0.1, 0.15) is 11.7 Å². The van der Waals surface area contributed by atoms with Gasteiger partial charge in [-0.15, -0.1) is 0 Å². The second-order valence-corrected chi connectivity index (χ2v) is 5.13. The van der Waals surface area contributed by atoms with E-state index in [0.29, 0.717) is 24.8 Å². The molecule has 0 amide bonds. The first-order valence-corrected chi connectivity index (χ1v) is 7.39. The van der Waals surface area contributed by atoms with E-state index >= 15 is 0 Å². The molecule has 0 saturated carbocycles. The van der Waals surface area contributed by atoms with Crippen LogP contribution in [0.15, 0.2) is 18.2 Å². The Morgan fingerprint density at radius 1 is 1.38 bits per heavy atom. The minimum absolute atomic E-state index is 0.170. The third kappa shape index (κ3) is 4.79. The Kier molecular flexibility index (Phi) is 7.32. The summed E-state index contributed by atoms with van der Waals surface area (Å²) in [6.45, 7) is 6.15. The number of hydrogen-bond acceptors (Lipinski definition) is 3. The third-order valence-corrected chi connectivity index (χ3v) is 3.78. The number of nitrogens with one attached hydrogen (secondary N) is 1. The number of rotatable bonds is 9. The molecule has 3 N–H and O–H groups in total. The molecular weight excluding hydrogens is 269 g/mol. The SMILES string of the molecule is CCC(CC)N(CCOC)Cc1cccc(C(=N)N)c1F. The quantitative estimate of drug-likeness (QED) is 0.544. The summed E-state index contributed by atoms with van der Waals surface area (Å²) in [6.07, 6.45) is 2.02. The zero-order chi connectivity index (χ0) is 15.8. The van der Waals surface area contributed by atoms with E-state index in [1.54, 1.807) is 19.2 Å². The Morgan fingerprint density at radius 2 is 2.05 bits per heavy atom. The molecule has 0 aromatic heterocycles. The van der Waals surface area contributed by atoms with E-state index in [2.05, 4.69) is 18.7 Å². The normalized spacial score (nSPS) is 11.3. The highest BCUT2D eigenvalue weighted by molar-refractivity contribution is 5.95. The average Bonchev–Trinajstić information content (AvgIpc) is 2.47. The lowest BCUT2D eigenvalue weighted by Crippen LogP contribution is -2.36. The van der Waals surface area contributed by atoms with Crippen LogP contribution in [0.1, 0.15) is 37.8 Å². The Labute approximate surface area is 126 Å². The lowest BCUT2D eigenvalue weighted by atomic mass is 10.1. The van der Waals surface area contributed by atoms with Crippen LogP contribution >= 0.6 is 0 Å². The van der Waals surface area contributed by atoms with Crippen molar-refractivity contribution in [2.24, 2.45) is 5.73 Å². The Balaban J connectivity index is 2.97. The van der Waals surface area contributed by atoms with Gasteiger partial charge >= 0.3 is 0 Å². The third-order valence-electron chi connectivity index (χ3n) is 3.78. The molecule has 0 radical (unpaired) electrons. The van der Waals surface area contributed by atoms with Crippen LogP contribution in [0.3, 0.4) is 0 Å². The van der Waals surface area contributed by atoms with Gasteiger partial charge in [-0.25, -0.2) is 4.39 Å². The van der Waals surface area contributed by atoms with E-state index in [-0.39, 0.29) is 11.4 Å². The van der Waals surface area contributed by atoms with Crippen LogP contribution in [-0.2, 0) is 11.3 Å². The van der Waals surface area contributed by atoms with Gasteiger partial charge in [-0.05, 0) is 18.9 Å². The second-order valence-electron chi connectivity index (χ2n) is 5.13. The molecule has 0 aliphatic heterocycles. The minimum Gasteiger partial charge on any atom is -0.384 e. The van der Waals surface area contributed by atoms with Gasteiger partial charge in [0.05, 0.1) is 12.2 Å². The summed E-state index contributed by atoms with van der Waals surface area (Å²) in [5.74, 6) is -0.626. The fraction of sp³-hybridized carbons (Fsp3) is 0.562. The van der Waals surface area contributed by atoms with Gasteiger partial charge in [-0.3, -0.25) is 10.3 Å². The lowest BCUT2D eigenvalue weighted by molar-refractivity contribution is 0.109. The zero-order valence-corrected chi connectivity index (χ0v) is 13.2. The van der Waals surface area contributed by atoms with Gasteiger partial charge in [0, 0.05) is 31.8 Å². The molecule has 0 heterocycles. The first-order chi connectivity index (χ1) is 10.0. The highest BCUT2D eigenvalue weighted by Gasteiger charge is 2.18. The first-order valence-electron chi connectivity index (χ1n) is 7.39. The average molecular weight is 295 g/mol. The highest BCUT2D eigenvalue weighted by Crippen LogP contribution is 2.18. The maximum Gasteiger partial charge on any atom is 0.138 e. The predicted octanol–water partition coefficient (Wildman–Crippen LogP) is 2.75. The molecule has 21 heavy (non-hydrogen) atoms. The fourth-order valence-electron chi connectivity index (χ4n) is 2.53. The Bertz CT molecular complexity index is 461. The maximum atomic E-state index is 14.4. The van der Waals surface area contributed by atoms with E-state index < -0.39 is 5.82 Å². The molecule has 4 nitrogen and oxygen atoms in total.